The molecule has 0 amide bonds. The minimum absolute atomic E-state index is 0.265. The quantitative estimate of drug-likeness (QED) is 0.508. The van der Waals surface area contributed by atoms with Crippen LogP contribution in [0.25, 0.3) is 0 Å². The van der Waals surface area contributed by atoms with Crippen LogP contribution in [0.3, 0.4) is 0 Å². The second-order valence-electron chi connectivity index (χ2n) is 6.38. The van der Waals surface area contributed by atoms with E-state index in [-0.39, 0.29) is 6.10 Å². The van der Waals surface area contributed by atoms with Crippen molar-refractivity contribution in [3.8, 4) is 5.88 Å². The van der Waals surface area contributed by atoms with E-state index in [0.29, 0.717) is 0 Å². The predicted octanol–water partition coefficient (Wildman–Crippen LogP) is 3.86. The minimum atomic E-state index is -1.36. The fraction of sp³-hybridized carbons (Fsp3) is 0.688. The third-order valence-electron chi connectivity index (χ3n) is 4.09. The molecule has 1 rings (SSSR count). The van der Waals surface area contributed by atoms with E-state index in [1.165, 1.54) is 35.7 Å². The molecule has 1 aromatic rings. The Morgan fingerprint density at radius 2 is 2.00 bits per heavy atom. The number of nitrogens with zero attached hydrogens (tertiary/aromatic N) is 1. The summed E-state index contributed by atoms with van der Waals surface area (Å²) in [4.78, 5) is 4.74. The Morgan fingerprint density at radius 3 is 2.65 bits per heavy atom. The molecule has 1 atom stereocenters. The van der Waals surface area contributed by atoms with Gasteiger partial charge in [-0.15, -0.1) is 0 Å². The fourth-order valence-electron chi connectivity index (χ4n) is 2.16. The first-order chi connectivity index (χ1) is 9.49. The van der Waals surface area contributed by atoms with Gasteiger partial charge in [0.25, 0.3) is 0 Å². The van der Waals surface area contributed by atoms with Crippen molar-refractivity contribution in [3.63, 3.8) is 0 Å². The zero-order valence-electron chi connectivity index (χ0n) is 13.9. The van der Waals surface area contributed by atoms with Gasteiger partial charge in [0, 0.05) is 0 Å². The first-order valence-electron chi connectivity index (χ1n) is 8.13. The van der Waals surface area contributed by atoms with Gasteiger partial charge in [-0.25, -0.2) is 0 Å². The Balaban J connectivity index is 2.53. The van der Waals surface area contributed by atoms with E-state index < -0.39 is 8.07 Å². The van der Waals surface area contributed by atoms with Crippen LogP contribution in [0.4, 0.5) is 0 Å². The van der Waals surface area contributed by atoms with E-state index in [2.05, 4.69) is 56.8 Å². The van der Waals surface area contributed by atoms with Gasteiger partial charge in [0.1, 0.15) is 0 Å². The number of hydrogen-bond donors (Lipinski definition) is 0. The number of unbranched alkanes of at least 4 members (excludes halogenated alkanes) is 3. The maximum atomic E-state index is 5.99. The molecule has 4 heteroatoms. The van der Waals surface area contributed by atoms with Crippen LogP contribution in [0, 0.1) is 0 Å². The first kappa shape index (κ1) is 17.8. The van der Waals surface area contributed by atoms with Crippen molar-refractivity contribution in [2.24, 2.45) is 0 Å². The number of rotatable bonds is 9. The Bertz CT molecular complexity index is 398. The molecule has 0 aliphatic heterocycles. The third kappa shape index (κ3) is 6.03. The average molecular weight is 285 g/mol. The normalized spacial score (nSPS) is 13.3. The van der Waals surface area contributed by atoms with E-state index in [9.17, 15) is 0 Å². The molecule has 1 aromatic heterocycles. The number of pyridine rings is 1. The summed E-state index contributed by atoms with van der Waals surface area (Å²) in [5, 5.41) is 1.26. The van der Waals surface area contributed by atoms with E-state index in [1.54, 1.807) is 0 Å². The van der Waals surface area contributed by atoms with Gasteiger partial charge in [-0.1, -0.05) is 6.92 Å². The molecule has 0 aliphatic rings. The summed E-state index contributed by atoms with van der Waals surface area (Å²) in [6.07, 6.45) is 6.57. The van der Waals surface area contributed by atoms with Crippen molar-refractivity contribution in [2.75, 3.05) is 0 Å². The van der Waals surface area contributed by atoms with E-state index >= 15 is 0 Å². The van der Waals surface area contributed by atoms with Gasteiger partial charge >= 0.3 is 128 Å². The summed E-state index contributed by atoms with van der Waals surface area (Å²) in [5.74, 6) is 0.805. The summed E-state index contributed by atoms with van der Waals surface area (Å²) in [6, 6.07) is 6.24. The zero-order chi connectivity index (χ0) is 15.0. The Morgan fingerprint density at radius 1 is 1.25 bits per heavy atom. The molecule has 1 heterocycles. The van der Waals surface area contributed by atoms with Gasteiger partial charge in [-0.05, 0) is 0 Å². The van der Waals surface area contributed by atoms with Crippen LogP contribution in [-0.2, 0) is 0 Å². The second-order valence-corrected chi connectivity index (χ2v) is 11.4. The molecule has 20 heavy (non-hydrogen) atoms. The van der Waals surface area contributed by atoms with Crippen LogP contribution in [0.1, 0.15) is 46.0 Å². The predicted molar refractivity (Wildman–Crippen MR) is 90.8 cm³/mol. The van der Waals surface area contributed by atoms with E-state index in [0.717, 1.165) is 12.3 Å². The van der Waals surface area contributed by atoms with Crippen LogP contribution >= 0.6 is 0 Å². The van der Waals surface area contributed by atoms with Crippen LogP contribution in [-0.4, -0.2) is 36.9 Å². The molecule has 0 N–H and O–H groups in total. The van der Waals surface area contributed by atoms with Gasteiger partial charge in [-0.2, -0.15) is 0 Å². The van der Waals surface area contributed by atoms with Crippen molar-refractivity contribution >= 4 is 31.1 Å². The number of aromatic nitrogens is 1. The molecule has 0 saturated carbocycles. The van der Waals surface area contributed by atoms with Gasteiger partial charge in [-0.3, -0.25) is 0 Å². The molecule has 0 radical (unpaired) electrons. The standard InChI is InChI=1S/C16H28NOSi.Li/c1-6-7-8-9-11-14(2)18-15-12-10-13-16(17-15)19(3,4)5;/h10,12-14H,3,6-9,11H2,1-2,4-5H3;. The third-order valence-corrected chi connectivity index (χ3v) is 7.52. The molecule has 0 aromatic carbocycles. The SMILES string of the molecule is [Li][CH2][Si](C)(C)c1cccc(OC(C)CCCCCC)n1. The molecule has 2 nitrogen and oxygen atoms in total. The second kappa shape index (κ2) is 8.92. The van der Waals surface area contributed by atoms with Crippen molar-refractivity contribution in [2.45, 2.75) is 69.9 Å². The molecule has 0 saturated heterocycles. The van der Waals surface area contributed by atoms with Crippen LogP contribution in [0.2, 0.25) is 17.8 Å². The van der Waals surface area contributed by atoms with Gasteiger partial charge < -0.3 is 0 Å². The maximum absolute atomic E-state index is 5.99. The summed E-state index contributed by atoms with van der Waals surface area (Å²) in [5.41, 5.74) is 0. The molecule has 0 fully saturated rings. The van der Waals surface area contributed by atoms with Crippen molar-refractivity contribution in [1.82, 2.24) is 4.98 Å². The topological polar surface area (TPSA) is 22.1 Å². The molecule has 1 unspecified atom stereocenters. The Kier molecular flexibility index (Phi) is 7.95. The summed E-state index contributed by atoms with van der Waals surface area (Å²) in [7, 11) is -1.36. The summed E-state index contributed by atoms with van der Waals surface area (Å²) < 4.78 is 7.20. The van der Waals surface area contributed by atoms with Gasteiger partial charge in [0.05, 0.1) is 0 Å². The van der Waals surface area contributed by atoms with Crippen LogP contribution < -0.4 is 10.1 Å². The van der Waals surface area contributed by atoms with E-state index in [4.69, 9.17) is 9.72 Å². The van der Waals surface area contributed by atoms with Crippen molar-refractivity contribution in [3.05, 3.63) is 18.2 Å². The molecule has 0 bridgehead atoms. The average Bonchev–Trinajstić information content (AvgIpc) is 2.44. The monoisotopic (exact) mass is 285 g/mol. The van der Waals surface area contributed by atoms with Gasteiger partial charge in [0.15, 0.2) is 0 Å². The zero-order valence-corrected chi connectivity index (χ0v) is 14.9. The summed E-state index contributed by atoms with van der Waals surface area (Å²) in [6.45, 7) is 9.14. The van der Waals surface area contributed by atoms with Crippen molar-refractivity contribution < 1.29 is 4.74 Å². The Labute approximate surface area is 134 Å². The fourth-order valence-corrected chi connectivity index (χ4v) is 3.48. The van der Waals surface area contributed by atoms with Crippen LogP contribution in [0.15, 0.2) is 18.2 Å². The molecule has 0 spiro atoms. The van der Waals surface area contributed by atoms with Crippen molar-refractivity contribution in [1.29, 1.82) is 0 Å². The first-order valence-corrected chi connectivity index (χ1v) is 11.3. The van der Waals surface area contributed by atoms with E-state index in [1.807, 2.05) is 6.07 Å². The number of ether oxygens (including phenoxy) is 1. The van der Waals surface area contributed by atoms with Crippen LogP contribution in [0.5, 0.6) is 5.88 Å². The molecular weight excluding hydrogens is 257 g/mol. The molecule has 108 valence electrons. The Hall–Kier alpha value is -0.236. The summed E-state index contributed by atoms with van der Waals surface area (Å²) >= 11 is 2.26. The number of hydrogen-bond acceptors (Lipinski definition) is 2. The molecule has 0 aliphatic carbocycles. The molecular formula is C16H28LiNOSi. The van der Waals surface area contributed by atoms with Gasteiger partial charge in [0.2, 0.25) is 0 Å².